The maximum atomic E-state index is 14.4. The number of hydrogen-bond donors (Lipinski definition) is 2. The second-order valence-corrected chi connectivity index (χ2v) is 9.36. The van der Waals surface area contributed by atoms with Crippen LogP contribution in [0.5, 0.6) is 17.4 Å². The smallest absolute Gasteiger partial charge is 0.435 e. The molecule has 1 unspecified atom stereocenters. The molecule has 1 aromatic heterocycles. The number of anilines is 1. The van der Waals surface area contributed by atoms with Crippen LogP contribution in [-0.2, 0) is 15.9 Å². The maximum absolute atomic E-state index is 14.4. The second kappa shape index (κ2) is 9.44. The summed E-state index contributed by atoms with van der Waals surface area (Å²) in [6.07, 6.45) is -3.84. The van der Waals surface area contributed by atoms with Gasteiger partial charge in [0.25, 0.3) is 11.8 Å². The van der Waals surface area contributed by atoms with Crippen molar-refractivity contribution < 1.29 is 40.4 Å². The number of carbonyl (C=O) groups is 1. The van der Waals surface area contributed by atoms with Crippen LogP contribution in [0.15, 0.2) is 41.3 Å². The van der Waals surface area contributed by atoms with Gasteiger partial charge in [0.05, 0.1) is 16.8 Å². The topological polar surface area (TPSA) is 114 Å². The zero-order chi connectivity index (χ0) is 26.1. The van der Waals surface area contributed by atoms with Gasteiger partial charge in [0.15, 0.2) is 28.8 Å². The Morgan fingerprint density at radius 2 is 1.71 bits per heavy atom. The first-order chi connectivity index (χ1) is 16.2. The van der Waals surface area contributed by atoms with Crippen molar-refractivity contribution in [1.82, 2.24) is 10.2 Å². The summed E-state index contributed by atoms with van der Waals surface area (Å²) in [5, 5.41) is 8.64. The number of benzene rings is 2. The molecule has 3 aromatic rings. The van der Waals surface area contributed by atoms with Crippen molar-refractivity contribution in [2.75, 3.05) is 18.7 Å². The minimum absolute atomic E-state index is 0.00622. The van der Waals surface area contributed by atoms with Gasteiger partial charge in [-0.25, -0.2) is 17.8 Å². The molecule has 0 aliphatic heterocycles. The van der Waals surface area contributed by atoms with Crippen LogP contribution in [0.3, 0.4) is 0 Å². The lowest BCUT2D eigenvalue weighted by molar-refractivity contribution is -0.142. The fourth-order valence-electron chi connectivity index (χ4n) is 2.97. The minimum atomic E-state index is -4.99. The van der Waals surface area contributed by atoms with Gasteiger partial charge in [0.1, 0.15) is 5.56 Å². The number of aromatic nitrogens is 2. The molecule has 0 saturated carbocycles. The van der Waals surface area contributed by atoms with E-state index in [4.69, 9.17) is 9.52 Å². The van der Waals surface area contributed by atoms with E-state index in [1.165, 1.54) is 24.3 Å². The highest BCUT2D eigenvalue weighted by atomic mass is 32.2. The number of methoxy groups -OCH3 is 1. The molecule has 0 aliphatic carbocycles. The van der Waals surface area contributed by atoms with E-state index in [2.05, 4.69) is 20.3 Å². The lowest BCUT2D eigenvalue weighted by Gasteiger charge is -2.16. The van der Waals surface area contributed by atoms with E-state index < -0.39 is 67.6 Å². The molecule has 186 valence electrons. The Labute approximate surface area is 196 Å². The average Bonchev–Trinajstić information content (AvgIpc) is 2.74. The summed E-state index contributed by atoms with van der Waals surface area (Å²) >= 11 is 0. The van der Waals surface area contributed by atoms with Crippen LogP contribution in [0.25, 0.3) is 0 Å². The molecule has 1 atom stereocenters. The number of nitrogens with zero attached hydrogens (tertiary/aromatic N) is 2. The lowest BCUT2D eigenvalue weighted by Crippen LogP contribution is -2.21. The molecule has 0 aliphatic rings. The van der Waals surface area contributed by atoms with Crippen LogP contribution in [0.2, 0.25) is 0 Å². The molecule has 0 bridgehead atoms. The SMILES string of the molecule is COc1cc(F)c(Oc2nnc(C(F)(F)F)c(C)c2C(=O)Nc2cccc(S(C)(=N)=O)c2)cc1F. The number of carbonyl (C=O) groups excluding carboxylic acids is 1. The molecule has 0 saturated heterocycles. The third kappa shape index (κ3) is 5.65. The van der Waals surface area contributed by atoms with Crippen molar-refractivity contribution in [1.29, 1.82) is 4.78 Å². The Morgan fingerprint density at radius 3 is 2.31 bits per heavy atom. The molecular formula is C21H17F5N4O4S. The largest absolute Gasteiger partial charge is 0.494 e. The van der Waals surface area contributed by atoms with Gasteiger partial charge in [0, 0.05) is 29.0 Å². The summed E-state index contributed by atoms with van der Waals surface area (Å²) in [4.78, 5) is 13.1. The molecule has 0 spiro atoms. The number of rotatable bonds is 6. The van der Waals surface area contributed by atoms with E-state index >= 15 is 0 Å². The van der Waals surface area contributed by atoms with Gasteiger partial charge in [-0.2, -0.15) is 13.2 Å². The van der Waals surface area contributed by atoms with Crippen LogP contribution in [0.4, 0.5) is 27.6 Å². The second-order valence-electron chi connectivity index (χ2n) is 7.20. The Hall–Kier alpha value is -3.81. The number of ether oxygens (including phenoxy) is 2. The first kappa shape index (κ1) is 25.8. The molecule has 14 heteroatoms. The van der Waals surface area contributed by atoms with Gasteiger partial charge in [-0.3, -0.25) is 4.79 Å². The van der Waals surface area contributed by atoms with E-state index in [9.17, 15) is 31.0 Å². The Bertz CT molecular complexity index is 1410. The van der Waals surface area contributed by atoms with Crippen molar-refractivity contribution in [2.24, 2.45) is 0 Å². The lowest BCUT2D eigenvalue weighted by atomic mass is 10.1. The Morgan fingerprint density at radius 1 is 1.09 bits per heavy atom. The van der Waals surface area contributed by atoms with Crippen molar-refractivity contribution >= 4 is 21.3 Å². The predicted octanol–water partition coefficient (Wildman–Crippen LogP) is 5.17. The summed E-state index contributed by atoms with van der Waals surface area (Å²) in [6.45, 7) is 0.934. The Kier molecular flexibility index (Phi) is 6.96. The van der Waals surface area contributed by atoms with E-state index in [1.807, 2.05) is 0 Å². The first-order valence-corrected chi connectivity index (χ1v) is 11.5. The first-order valence-electron chi connectivity index (χ1n) is 9.53. The fraction of sp³-hybridized carbons (Fsp3) is 0.190. The third-order valence-electron chi connectivity index (χ3n) is 4.64. The van der Waals surface area contributed by atoms with Crippen LogP contribution in [0.1, 0.15) is 21.6 Å². The zero-order valence-corrected chi connectivity index (χ0v) is 19.1. The molecule has 35 heavy (non-hydrogen) atoms. The van der Waals surface area contributed by atoms with Gasteiger partial charge < -0.3 is 14.8 Å². The fourth-order valence-corrected chi connectivity index (χ4v) is 3.66. The van der Waals surface area contributed by atoms with Gasteiger partial charge in [-0.1, -0.05) is 6.07 Å². The molecular weight excluding hydrogens is 499 g/mol. The highest BCUT2D eigenvalue weighted by molar-refractivity contribution is 7.91. The quantitative estimate of drug-likeness (QED) is 0.437. The van der Waals surface area contributed by atoms with Gasteiger partial charge >= 0.3 is 6.18 Å². The van der Waals surface area contributed by atoms with Crippen molar-refractivity contribution in [3.8, 4) is 17.4 Å². The van der Waals surface area contributed by atoms with Gasteiger partial charge in [0.2, 0.25) is 0 Å². The molecule has 1 heterocycles. The van der Waals surface area contributed by atoms with Crippen molar-refractivity contribution in [3.63, 3.8) is 0 Å². The average molecular weight is 516 g/mol. The summed E-state index contributed by atoms with van der Waals surface area (Å²) < 4.78 is 98.1. The van der Waals surface area contributed by atoms with Crippen LogP contribution < -0.4 is 14.8 Å². The molecule has 1 amide bonds. The molecule has 0 radical (unpaired) electrons. The van der Waals surface area contributed by atoms with Gasteiger partial charge in [-0.05, 0) is 30.7 Å². The number of amides is 1. The maximum Gasteiger partial charge on any atom is 0.435 e. The van der Waals surface area contributed by atoms with Crippen LogP contribution in [0, 0.1) is 23.3 Å². The van der Waals surface area contributed by atoms with Crippen molar-refractivity contribution in [3.05, 3.63) is 64.9 Å². The summed E-state index contributed by atoms with van der Waals surface area (Å²) in [6, 6.07) is 6.53. The normalized spacial score (nSPS) is 13.1. The molecule has 0 fully saturated rings. The standard InChI is InChI=1S/C21H17F5N4O4S/c1-10-17(19(31)28-11-5-4-6-12(7-11)35(3,27)32)20(30-29-18(10)21(24,25)26)34-16-9-13(22)15(33-2)8-14(16)23/h4-9,27H,1-3H3,(H,28,31). The van der Waals surface area contributed by atoms with E-state index in [0.717, 1.165) is 20.3 Å². The molecule has 8 nitrogen and oxygen atoms in total. The number of alkyl halides is 3. The summed E-state index contributed by atoms with van der Waals surface area (Å²) in [5.41, 5.74) is -2.93. The minimum Gasteiger partial charge on any atom is -0.494 e. The van der Waals surface area contributed by atoms with Crippen LogP contribution >= 0.6 is 0 Å². The highest BCUT2D eigenvalue weighted by Gasteiger charge is 2.38. The molecule has 2 N–H and O–H groups in total. The predicted molar refractivity (Wildman–Crippen MR) is 114 cm³/mol. The van der Waals surface area contributed by atoms with Gasteiger partial charge in [-0.15, -0.1) is 10.2 Å². The van der Waals surface area contributed by atoms with E-state index in [0.29, 0.717) is 12.1 Å². The number of nitrogens with one attached hydrogen (secondary N) is 2. The zero-order valence-electron chi connectivity index (χ0n) is 18.3. The Balaban J connectivity index is 2.10. The number of halogens is 5. The van der Waals surface area contributed by atoms with E-state index in [1.54, 1.807) is 0 Å². The monoisotopic (exact) mass is 516 g/mol. The van der Waals surface area contributed by atoms with Crippen LogP contribution in [-0.4, -0.2) is 33.7 Å². The third-order valence-corrected chi connectivity index (χ3v) is 5.79. The molecule has 2 aromatic carbocycles. The summed E-state index contributed by atoms with van der Waals surface area (Å²) in [5.74, 6) is -5.40. The summed E-state index contributed by atoms with van der Waals surface area (Å²) in [7, 11) is -2.06. The van der Waals surface area contributed by atoms with Crippen molar-refractivity contribution in [2.45, 2.75) is 18.0 Å². The molecule has 3 rings (SSSR count). The highest BCUT2D eigenvalue weighted by Crippen LogP contribution is 2.36. The van der Waals surface area contributed by atoms with E-state index in [-0.39, 0.29) is 10.6 Å². The number of hydrogen-bond acceptors (Lipinski definition) is 7.